The predicted octanol–water partition coefficient (Wildman–Crippen LogP) is 0.165. The molecule has 0 radical (unpaired) electrons. The second-order valence-corrected chi connectivity index (χ2v) is 7.01. The first-order chi connectivity index (χ1) is 9.18. The number of sulfonamides is 2. The van der Waals surface area contributed by atoms with Gasteiger partial charge in [0, 0.05) is 13.0 Å². The van der Waals surface area contributed by atoms with Crippen LogP contribution in [0.5, 0.6) is 0 Å². The third-order valence-electron chi connectivity index (χ3n) is 2.24. The fourth-order valence-corrected chi connectivity index (χ4v) is 2.94. The Kier molecular flexibility index (Phi) is 5.24. The number of hydrogen-bond acceptors (Lipinski definition) is 4. The van der Waals surface area contributed by atoms with E-state index in [1.54, 1.807) is 6.92 Å². The summed E-state index contributed by atoms with van der Waals surface area (Å²) in [5.74, 6) is 4.05. The highest BCUT2D eigenvalue weighted by molar-refractivity contribution is 7.89. The molecule has 3 N–H and O–H groups in total. The summed E-state index contributed by atoms with van der Waals surface area (Å²) in [5, 5.41) is 4.82. The Morgan fingerprint density at radius 3 is 2.45 bits per heavy atom. The van der Waals surface area contributed by atoms with Crippen molar-refractivity contribution in [1.29, 1.82) is 0 Å². The largest absolute Gasteiger partial charge is 0.243 e. The van der Waals surface area contributed by atoms with Crippen molar-refractivity contribution in [3.63, 3.8) is 0 Å². The lowest BCUT2D eigenvalue weighted by Crippen LogP contribution is -2.25. The lowest BCUT2D eigenvalue weighted by atomic mass is 10.3. The van der Waals surface area contributed by atoms with Crippen LogP contribution in [0, 0.1) is 17.7 Å². The Morgan fingerprint density at radius 2 is 1.95 bits per heavy atom. The van der Waals surface area contributed by atoms with Gasteiger partial charge in [0.15, 0.2) is 0 Å². The predicted molar refractivity (Wildman–Crippen MR) is 71.0 cm³/mol. The Balaban J connectivity index is 3.04. The number of hydrogen-bond donors (Lipinski definition) is 2. The minimum Gasteiger partial charge on any atom is -0.225 e. The van der Waals surface area contributed by atoms with Gasteiger partial charge in [0.25, 0.3) is 0 Å². The molecule has 1 rings (SSSR count). The van der Waals surface area contributed by atoms with Gasteiger partial charge < -0.3 is 0 Å². The van der Waals surface area contributed by atoms with E-state index in [0.29, 0.717) is 6.07 Å². The fourth-order valence-electron chi connectivity index (χ4n) is 1.33. The monoisotopic (exact) mass is 320 g/mol. The van der Waals surface area contributed by atoms with E-state index in [1.165, 1.54) is 0 Å². The normalized spacial score (nSPS) is 11.8. The van der Waals surface area contributed by atoms with E-state index in [9.17, 15) is 21.2 Å². The van der Waals surface area contributed by atoms with Gasteiger partial charge in [-0.1, -0.05) is 0 Å². The van der Waals surface area contributed by atoms with Gasteiger partial charge in [0.2, 0.25) is 20.0 Å². The first kappa shape index (κ1) is 16.6. The highest BCUT2D eigenvalue weighted by Gasteiger charge is 2.20. The molecule has 0 aliphatic rings. The van der Waals surface area contributed by atoms with Gasteiger partial charge in [0.05, 0.1) is 4.90 Å². The molecule has 0 heterocycles. The van der Waals surface area contributed by atoms with Crippen LogP contribution in [-0.2, 0) is 20.0 Å². The van der Waals surface area contributed by atoms with Gasteiger partial charge in [-0.05, 0) is 25.1 Å². The average molecular weight is 320 g/mol. The maximum atomic E-state index is 13.7. The molecule has 0 spiro atoms. The molecule has 9 heteroatoms. The molecule has 0 aliphatic carbocycles. The van der Waals surface area contributed by atoms with Gasteiger partial charge >= 0.3 is 0 Å². The minimum atomic E-state index is -4.09. The minimum absolute atomic E-state index is 0.0273. The number of halogens is 1. The van der Waals surface area contributed by atoms with Crippen LogP contribution >= 0.6 is 0 Å². The summed E-state index contributed by atoms with van der Waals surface area (Å²) in [6, 6.07) is 2.34. The third kappa shape index (κ3) is 4.28. The van der Waals surface area contributed by atoms with Gasteiger partial charge in [-0.25, -0.2) is 31.1 Å². The first-order valence-electron chi connectivity index (χ1n) is 5.40. The van der Waals surface area contributed by atoms with E-state index < -0.39 is 35.7 Å². The molecule has 1 aromatic carbocycles. The summed E-state index contributed by atoms with van der Waals surface area (Å²) >= 11 is 0. The highest BCUT2D eigenvalue weighted by Crippen LogP contribution is 2.18. The van der Waals surface area contributed by atoms with Crippen LogP contribution in [0.25, 0.3) is 0 Å². The van der Waals surface area contributed by atoms with Crippen LogP contribution in [0.4, 0.5) is 4.39 Å². The van der Waals surface area contributed by atoms with Crippen LogP contribution in [0.2, 0.25) is 0 Å². The van der Waals surface area contributed by atoms with Crippen molar-refractivity contribution in [1.82, 2.24) is 4.72 Å². The number of nitrogens with two attached hydrogens (primary N) is 1. The first-order valence-corrected chi connectivity index (χ1v) is 8.43. The second-order valence-electron chi connectivity index (χ2n) is 3.71. The second kappa shape index (κ2) is 6.32. The van der Waals surface area contributed by atoms with Crippen molar-refractivity contribution in [2.45, 2.75) is 23.1 Å². The van der Waals surface area contributed by atoms with Crippen molar-refractivity contribution >= 4 is 20.0 Å². The quantitative estimate of drug-likeness (QED) is 0.595. The Labute approximate surface area is 117 Å². The topological polar surface area (TPSA) is 106 Å². The van der Waals surface area contributed by atoms with E-state index in [0.717, 1.165) is 12.1 Å². The summed E-state index contributed by atoms with van der Waals surface area (Å²) < 4.78 is 61.5. The van der Waals surface area contributed by atoms with Crippen molar-refractivity contribution < 1.29 is 21.2 Å². The smallest absolute Gasteiger partial charge is 0.225 e. The summed E-state index contributed by atoms with van der Waals surface area (Å²) in [6.07, 6.45) is 0.284. The van der Waals surface area contributed by atoms with E-state index in [2.05, 4.69) is 16.6 Å². The van der Waals surface area contributed by atoms with E-state index >= 15 is 0 Å². The van der Waals surface area contributed by atoms with Crippen molar-refractivity contribution in [3.8, 4) is 11.8 Å². The standard InChI is InChI=1S/C11H13FN2O4S2/c1-2-3-4-7-14-20(17,18)11-6-5-9(8-10(11)12)19(13,15)16/h5-6,8,14H,4,7H2,1H3,(H2,13,15,16). The Bertz CT molecular complexity index is 761. The van der Waals surface area contributed by atoms with Crippen LogP contribution in [0.3, 0.4) is 0 Å². The number of nitrogens with one attached hydrogen (secondary N) is 1. The molecule has 0 unspecified atom stereocenters. The molecule has 1 aromatic rings. The highest BCUT2D eigenvalue weighted by atomic mass is 32.2. The summed E-state index contributed by atoms with van der Waals surface area (Å²) in [5.41, 5.74) is 0. The summed E-state index contributed by atoms with van der Waals surface area (Å²) in [7, 11) is -8.15. The Hall–Kier alpha value is -1.47. The molecule has 6 nitrogen and oxygen atoms in total. The number of rotatable bonds is 5. The molecule has 0 amide bonds. The molecule has 0 bridgehead atoms. The van der Waals surface area contributed by atoms with Crippen LogP contribution < -0.4 is 9.86 Å². The van der Waals surface area contributed by atoms with Crippen molar-refractivity contribution in [2.75, 3.05) is 6.54 Å². The van der Waals surface area contributed by atoms with Gasteiger partial charge in [-0.3, -0.25) is 0 Å². The van der Waals surface area contributed by atoms with Gasteiger partial charge in [-0.15, -0.1) is 11.8 Å². The van der Waals surface area contributed by atoms with Crippen LogP contribution in [-0.4, -0.2) is 23.4 Å². The lowest BCUT2D eigenvalue weighted by Gasteiger charge is -2.07. The van der Waals surface area contributed by atoms with Crippen LogP contribution in [0.15, 0.2) is 28.0 Å². The summed E-state index contributed by atoms with van der Waals surface area (Å²) in [4.78, 5) is -1.14. The molecule has 0 fully saturated rings. The lowest BCUT2D eigenvalue weighted by molar-refractivity contribution is 0.553. The van der Waals surface area contributed by atoms with Gasteiger partial charge in [0.1, 0.15) is 10.7 Å². The molecule has 0 aromatic heterocycles. The van der Waals surface area contributed by atoms with Crippen molar-refractivity contribution in [2.24, 2.45) is 5.14 Å². The number of primary sulfonamides is 1. The van der Waals surface area contributed by atoms with Crippen molar-refractivity contribution in [3.05, 3.63) is 24.0 Å². The molecule has 0 atom stereocenters. The average Bonchev–Trinajstić information content (AvgIpc) is 2.33. The maximum absolute atomic E-state index is 13.7. The van der Waals surface area contributed by atoms with E-state index in [-0.39, 0.29) is 13.0 Å². The third-order valence-corrected chi connectivity index (χ3v) is 4.65. The SMILES string of the molecule is CC#CCCNS(=O)(=O)c1ccc(S(N)(=O)=O)cc1F. The zero-order valence-electron chi connectivity index (χ0n) is 10.6. The molecule has 0 aliphatic heterocycles. The Morgan fingerprint density at radius 1 is 1.30 bits per heavy atom. The van der Waals surface area contributed by atoms with E-state index in [4.69, 9.17) is 5.14 Å². The van der Waals surface area contributed by atoms with E-state index in [1.807, 2.05) is 0 Å². The summed E-state index contributed by atoms with van der Waals surface area (Å²) in [6.45, 7) is 1.64. The molecule has 0 saturated carbocycles. The maximum Gasteiger partial charge on any atom is 0.243 e. The van der Waals surface area contributed by atoms with Gasteiger partial charge in [-0.2, -0.15) is 0 Å². The molecular formula is C11H13FN2O4S2. The molecule has 0 saturated heterocycles. The zero-order chi connectivity index (χ0) is 15.4. The molecule has 20 heavy (non-hydrogen) atoms. The van der Waals surface area contributed by atoms with Crippen LogP contribution in [0.1, 0.15) is 13.3 Å². The fraction of sp³-hybridized carbons (Fsp3) is 0.273. The molecule has 110 valence electrons. The number of benzene rings is 1. The zero-order valence-corrected chi connectivity index (χ0v) is 12.2. The molecular weight excluding hydrogens is 307 g/mol.